The van der Waals surface area contributed by atoms with Gasteiger partial charge in [-0.05, 0) is 56.0 Å². The fourth-order valence-electron chi connectivity index (χ4n) is 2.49. The van der Waals surface area contributed by atoms with Crippen molar-refractivity contribution in [3.8, 4) is 0 Å². The summed E-state index contributed by atoms with van der Waals surface area (Å²) in [7, 11) is 0. The van der Waals surface area contributed by atoms with Crippen molar-refractivity contribution in [1.29, 1.82) is 0 Å². The summed E-state index contributed by atoms with van der Waals surface area (Å²) < 4.78 is 0. The number of rotatable bonds is 2. The molecule has 88 valence electrons. The van der Waals surface area contributed by atoms with E-state index in [4.69, 9.17) is 11.6 Å². The summed E-state index contributed by atoms with van der Waals surface area (Å²) in [6.07, 6.45) is 6.47. The second-order valence-corrected chi connectivity index (χ2v) is 5.28. The topological polar surface area (TPSA) is 12.0 Å². The minimum absolute atomic E-state index is 0.639. The molecule has 1 aliphatic heterocycles. The molecule has 1 aromatic carbocycles. The maximum Gasteiger partial charge on any atom is 0.0411 e. The first-order chi connectivity index (χ1) is 7.74. The van der Waals surface area contributed by atoms with Gasteiger partial charge in [-0.25, -0.2) is 0 Å². The van der Waals surface area contributed by atoms with Crippen molar-refractivity contribution in [3.05, 3.63) is 34.3 Å². The Balaban J connectivity index is 2.01. The third-order valence-corrected chi connectivity index (χ3v) is 3.46. The monoisotopic (exact) mass is 237 g/mol. The van der Waals surface area contributed by atoms with Crippen LogP contribution in [-0.2, 0) is 6.42 Å². The van der Waals surface area contributed by atoms with Gasteiger partial charge in [0.15, 0.2) is 0 Å². The highest BCUT2D eigenvalue weighted by atomic mass is 35.5. The average molecular weight is 238 g/mol. The Kier molecular flexibility index (Phi) is 4.25. The van der Waals surface area contributed by atoms with Crippen molar-refractivity contribution in [2.45, 2.75) is 45.1 Å². The number of hydrogen-bond acceptors (Lipinski definition) is 1. The molecule has 16 heavy (non-hydrogen) atoms. The predicted octanol–water partition coefficient (Wildman–Crippen LogP) is 3.72. The molecule has 1 saturated heterocycles. The molecule has 1 aromatic rings. The van der Waals surface area contributed by atoms with Gasteiger partial charge in [0.2, 0.25) is 0 Å². The first-order valence-electron chi connectivity index (χ1n) is 6.23. The van der Waals surface area contributed by atoms with E-state index in [-0.39, 0.29) is 0 Å². The second kappa shape index (κ2) is 5.70. The lowest BCUT2D eigenvalue weighted by Crippen LogP contribution is -2.30. The van der Waals surface area contributed by atoms with Crippen molar-refractivity contribution in [2.24, 2.45) is 0 Å². The Morgan fingerprint density at radius 3 is 2.94 bits per heavy atom. The third kappa shape index (κ3) is 3.50. The number of aryl methyl sites for hydroxylation is 1. The van der Waals surface area contributed by atoms with Gasteiger partial charge < -0.3 is 5.32 Å². The van der Waals surface area contributed by atoms with Gasteiger partial charge in [-0.3, -0.25) is 0 Å². The van der Waals surface area contributed by atoms with Crippen LogP contribution in [0.3, 0.4) is 0 Å². The highest BCUT2D eigenvalue weighted by Gasteiger charge is 2.12. The molecule has 1 heterocycles. The molecular weight excluding hydrogens is 218 g/mol. The van der Waals surface area contributed by atoms with Crippen LogP contribution >= 0.6 is 11.6 Å². The lowest BCUT2D eigenvalue weighted by Gasteiger charge is -2.16. The largest absolute Gasteiger partial charge is 0.314 e. The number of hydrogen-bond donors (Lipinski definition) is 1. The fraction of sp³-hybridized carbons (Fsp3) is 0.571. The summed E-state index contributed by atoms with van der Waals surface area (Å²) in [6, 6.07) is 7.01. The molecule has 0 aromatic heterocycles. The number of halogens is 1. The van der Waals surface area contributed by atoms with Crippen molar-refractivity contribution < 1.29 is 0 Å². The van der Waals surface area contributed by atoms with E-state index in [1.165, 1.54) is 43.4 Å². The van der Waals surface area contributed by atoms with Crippen LogP contribution in [0.15, 0.2) is 18.2 Å². The zero-order valence-corrected chi connectivity index (χ0v) is 10.7. The molecular formula is C14H20ClN. The molecule has 0 amide bonds. The summed E-state index contributed by atoms with van der Waals surface area (Å²) in [4.78, 5) is 0. The van der Waals surface area contributed by atoms with E-state index in [1.807, 2.05) is 6.07 Å². The van der Waals surface area contributed by atoms with Gasteiger partial charge in [0.05, 0.1) is 0 Å². The van der Waals surface area contributed by atoms with Gasteiger partial charge in [0, 0.05) is 11.1 Å². The Morgan fingerprint density at radius 1 is 1.25 bits per heavy atom. The smallest absolute Gasteiger partial charge is 0.0411 e. The maximum atomic E-state index is 6.08. The molecule has 2 rings (SSSR count). The van der Waals surface area contributed by atoms with Gasteiger partial charge in [0.25, 0.3) is 0 Å². The molecule has 2 heteroatoms. The molecule has 0 bridgehead atoms. The molecule has 0 radical (unpaired) electrons. The molecule has 0 spiro atoms. The Bertz CT molecular complexity index is 320. The van der Waals surface area contributed by atoms with Crippen LogP contribution in [0.5, 0.6) is 0 Å². The van der Waals surface area contributed by atoms with Gasteiger partial charge in [-0.2, -0.15) is 0 Å². The van der Waals surface area contributed by atoms with Gasteiger partial charge in [0.1, 0.15) is 0 Å². The molecule has 1 atom stereocenters. The van der Waals surface area contributed by atoms with Crippen molar-refractivity contribution in [2.75, 3.05) is 6.54 Å². The molecule has 1 N–H and O–H groups in total. The van der Waals surface area contributed by atoms with E-state index < -0.39 is 0 Å². The maximum absolute atomic E-state index is 6.08. The van der Waals surface area contributed by atoms with E-state index >= 15 is 0 Å². The molecule has 1 nitrogen and oxygen atoms in total. The number of benzene rings is 1. The molecule has 0 saturated carbocycles. The summed E-state index contributed by atoms with van der Waals surface area (Å²) in [5.74, 6) is 0. The Morgan fingerprint density at radius 2 is 2.12 bits per heavy atom. The highest BCUT2D eigenvalue weighted by molar-refractivity contribution is 6.30. The van der Waals surface area contributed by atoms with Crippen LogP contribution in [0.2, 0.25) is 5.02 Å². The molecule has 1 aliphatic rings. The van der Waals surface area contributed by atoms with Gasteiger partial charge >= 0.3 is 0 Å². The summed E-state index contributed by atoms with van der Waals surface area (Å²) in [5, 5.41) is 4.49. The zero-order valence-electron chi connectivity index (χ0n) is 9.93. The summed E-state index contributed by atoms with van der Waals surface area (Å²) in [5.41, 5.74) is 2.63. The first kappa shape index (κ1) is 11.9. The summed E-state index contributed by atoms with van der Waals surface area (Å²) >= 11 is 6.08. The molecule has 0 aliphatic carbocycles. The normalized spacial score (nSPS) is 21.8. The molecule has 1 unspecified atom stereocenters. The van der Waals surface area contributed by atoms with E-state index in [0.29, 0.717) is 6.04 Å². The second-order valence-electron chi connectivity index (χ2n) is 4.84. The van der Waals surface area contributed by atoms with Crippen LogP contribution in [0.25, 0.3) is 0 Å². The third-order valence-electron chi connectivity index (χ3n) is 3.25. The van der Waals surface area contributed by atoms with Crippen LogP contribution in [0.4, 0.5) is 0 Å². The Hall–Kier alpha value is -0.530. The molecule has 1 fully saturated rings. The van der Waals surface area contributed by atoms with Crippen molar-refractivity contribution >= 4 is 11.6 Å². The standard InChI is InChI=1S/C14H20ClN/c1-11-7-12(9-13(15)8-11)10-14-5-3-2-4-6-16-14/h7-9,14,16H,2-6,10H2,1H3. The summed E-state index contributed by atoms with van der Waals surface area (Å²) in [6.45, 7) is 3.28. The van der Waals surface area contributed by atoms with E-state index in [0.717, 1.165) is 11.4 Å². The highest BCUT2D eigenvalue weighted by Crippen LogP contribution is 2.18. The first-order valence-corrected chi connectivity index (χ1v) is 6.61. The van der Waals surface area contributed by atoms with Crippen molar-refractivity contribution in [3.63, 3.8) is 0 Å². The van der Waals surface area contributed by atoms with Crippen LogP contribution in [-0.4, -0.2) is 12.6 Å². The average Bonchev–Trinajstić information content (AvgIpc) is 2.44. The van der Waals surface area contributed by atoms with Crippen LogP contribution in [0, 0.1) is 6.92 Å². The number of nitrogens with one attached hydrogen (secondary N) is 1. The minimum atomic E-state index is 0.639. The lowest BCUT2D eigenvalue weighted by molar-refractivity contribution is 0.507. The van der Waals surface area contributed by atoms with Gasteiger partial charge in [-0.15, -0.1) is 0 Å². The predicted molar refractivity (Wildman–Crippen MR) is 70.2 cm³/mol. The SMILES string of the molecule is Cc1cc(Cl)cc(CC2CCCCCN2)c1. The van der Waals surface area contributed by atoms with E-state index in [9.17, 15) is 0 Å². The fourth-order valence-corrected chi connectivity index (χ4v) is 2.80. The minimum Gasteiger partial charge on any atom is -0.314 e. The van der Waals surface area contributed by atoms with E-state index in [1.54, 1.807) is 0 Å². The van der Waals surface area contributed by atoms with Crippen LogP contribution < -0.4 is 5.32 Å². The quantitative estimate of drug-likeness (QED) is 0.827. The lowest BCUT2D eigenvalue weighted by atomic mass is 10.0. The zero-order chi connectivity index (χ0) is 11.4. The van der Waals surface area contributed by atoms with Crippen molar-refractivity contribution in [1.82, 2.24) is 5.32 Å². The Labute approximate surface area is 103 Å². The van der Waals surface area contributed by atoms with Gasteiger partial charge in [-0.1, -0.05) is 30.5 Å². The van der Waals surface area contributed by atoms with E-state index in [2.05, 4.69) is 24.4 Å². The van der Waals surface area contributed by atoms with Crippen LogP contribution in [0.1, 0.15) is 36.8 Å².